The normalized spacial score (nSPS) is 12.0. The van der Waals surface area contributed by atoms with Gasteiger partial charge in [-0.25, -0.2) is 9.78 Å². The van der Waals surface area contributed by atoms with Gasteiger partial charge in [-0.05, 0) is 37.3 Å². The fraction of sp³-hybridized carbons (Fsp3) is 0.211. The Balaban J connectivity index is 2.13. The number of rotatable bonds is 5. The average molecular weight is 403 g/mol. The van der Waals surface area contributed by atoms with E-state index in [0.29, 0.717) is 16.9 Å². The third-order valence-electron chi connectivity index (χ3n) is 4.01. The van der Waals surface area contributed by atoms with E-state index in [1.54, 1.807) is 42.5 Å². The Kier molecular flexibility index (Phi) is 5.93. The molecule has 1 atom stereocenters. The number of nitrogens with zero attached hydrogens (tertiary/aromatic N) is 2. The maximum absolute atomic E-state index is 13.1. The Morgan fingerprint density at radius 1 is 1.29 bits per heavy atom. The van der Waals surface area contributed by atoms with Crippen molar-refractivity contribution in [1.29, 1.82) is 0 Å². The van der Waals surface area contributed by atoms with Gasteiger partial charge in [0.2, 0.25) is 0 Å². The van der Waals surface area contributed by atoms with Crippen LogP contribution in [0.2, 0.25) is 5.02 Å². The molecule has 1 aromatic heterocycles. The lowest BCUT2D eigenvalue weighted by Gasteiger charge is -2.16. The SMILES string of the molecule is CC(O)c1nc2cccc(Cl)c2c(=O)n1-c1cccc(NC(=O)NCCO)c1. The van der Waals surface area contributed by atoms with E-state index in [1.807, 2.05) is 0 Å². The molecule has 0 fully saturated rings. The average Bonchev–Trinajstić information content (AvgIpc) is 2.66. The van der Waals surface area contributed by atoms with Crippen LogP contribution in [0, 0.1) is 0 Å². The van der Waals surface area contributed by atoms with Crippen LogP contribution >= 0.6 is 11.6 Å². The Morgan fingerprint density at radius 3 is 2.75 bits per heavy atom. The highest BCUT2D eigenvalue weighted by Crippen LogP contribution is 2.23. The molecule has 0 bridgehead atoms. The van der Waals surface area contributed by atoms with Crippen LogP contribution in [0.25, 0.3) is 16.6 Å². The molecule has 3 aromatic rings. The Bertz CT molecular complexity index is 1080. The summed E-state index contributed by atoms with van der Waals surface area (Å²) in [6.45, 7) is 1.45. The number of amides is 2. The largest absolute Gasteiger partial charge is 0.395 e. The second-order valence-corrected chi connectivity index (χ2v) is 6.48. The van der Waals surface area contributed by atoms with Crippen molar-refractivity contribution in [1.82, 2.24) is 14.9 Å². The summed E-state index contributed by atoms with van der Waals surface area (Å²) < 4.78 is 1.27. The van der Waals surface area contributed by atoms with Gasteiger partial charge in [0.25, 0.3) is 5.56 Å². The van der Waals surface area contributed by atoms with Gasteiger partial charge in [0.15, 0.2) is 0 Å². The van der Waals surface area contributed by atoms with Crippen molar-refractivity contribution < 1.29 is 15.0 Å². The molecule has 2 aromatic carbocycles. The zero-order valence-electron chi connectivity index (χ0n) is 15.0. The highest BCUT2D eigenvalue weighted by atomic mass is 35.5. The van der Waals surface area contributed by atoms with E-state index in [1.165, 1.54) is 11.5 Å². The van der Waals surface area contributed by atoms with Crippen LogP contribution in [-0.2, 0) is 0 Å². The van der Waals surface area contributed by atoms with Gasteiger partial charge in [-0.15, -0.1) is 0 Å². The molecule has 0 saturated heterocycles. The minimum absolute atomic E-state index is 0.115. The van der Waals surface area contributed by atoms with Crippen LogP contribution in [-0.4, -0.2) is 38.9 Å². The molecule has 0 aliphatic heterocycles. The molecule has 0 spiro atoms. The molecule has 2 amide bonds. The number of benzene rings is 2. The molecule has 0 aliphatic rings. The summed E-state index contributed by atoms with van der Waals surface area (Å²) in [5.74, 6) is 0.154. The van der Waals surface area contributed by atoms with E-state index in [-0.39, 0.29) is 29.4 Å². The number of nitrogens with one attached hydrogen (secondary N) is 2. The number of fused-ring (bicyclic) bond motifs is 1. The first kappa shape index (κ1) is 19.8. The highest BCUT2D eigenvalue weighted by Gasteiger charge is 2.18. The van der Waals surface area contributed by atoms with Crippen molar-refractivity contribution in [2.45, 2.75) is 13.0 Å². The molecule has 0 radical (unpaired) electrons. The summed E-state index contributed by atoms with van der Waals surface area (Å²) in [7, 11) is 0. The fourth-order valence-electron chi connectivity index (χ4n) is 2.80. The van der Waals surface area contributed by atoms with Crippen molar-refractivity contribution in [2.24, 2.45) is 0 Å². The molecule has 1 unspecified atom stereocenters. The van der Waals surface area contributed by atoms with E-state index in [9.17, 15) is 14.7 Å². The van der Waals surface area contributed by atoms with Crippen LogP contribution in [0.15, 0.2) is 47.3 Å². The molecule has 0 saturated carbocycles. The van der Waals surface area contributed by atoms with Gasteiger partial charge in [0.1, 0.15) is 11.9 Å². The lowest BCUT2D eigenvalue weighted by molar-refractivity contribution is 0.186. The summed E-state index contributed by atoms with van der Waals surface area (Å²) in [6.07, 6.45) is -1.01. The second-order valence-electron chi connectivity index (χ2n) is 6.08. The number of urea groups is 1. The molecule has 9 heteroatoms. The number of carbonyl (C=O) groups is 1. The van der Waals surface area contributed by atoms with Gasteiger partial charge in [-0.3, -0.25) is 9.36 Å². The predicted octanol–water partition coefficient (Wildman–Crippen LogP) is 2.21. The molecule has 28 heavy (non-hydrogen) atoms. The quantitative estimate of drug-likeness (QED) is 0.522. The molecule has 4 N–H and O–H groups in total. The number of hydrogen-bond acceptors (Lipinski definition) is 5. The molecule has 1 heterocycles. The fourth-order valence-corrected chi connectivity index (χ4v) is 3.05. The predicted molar refractivity (Wildman–Crippen MR) is 107 cm³/mol. The molecule has 3 rings (SSSR count). The van der Waals surface area contributed by atoms with Crippen molar-refractivity contribution in [2.75, 3.05) is 18.5 Å². The molecule has 146 valence electrons. The lowest BCUT2D eigenvalue weighted by Crippen LogP contribution is -2.31. The van der Waals surface area contributed by atoms with E-state index in [2.05, 4.69) is 15.6 Å². The maximum Gasteiger partial charge on any atom is 0.319 e. The minimum Gasteiger partial charge on any atom is -0.395 e. The van der Waals surface area contributed by atoms with Crippen molar-refractivity contribution in [3.05, 3.63) is 63.7 Å². The van der Waals surface area contributed by atoms with E-state index >= 15 is 0 Å². The number of halogens is 1. The highest BCUT2D eigenvalue weighted by molar-refractivity contribution is 6.35. The standard InChI is InChI=1S/C19H19ClN4O4/c1-11(26)17-23-15-7-3-6-14(20)16(15)18(27)24(17)13-5-2-4-12(10-13)22-19(28)21-8-9-25/h2-7,10-11,25-26H,8-9H2,1H3,(H2,21,22,28). The first-order valence-corrected chi connectivity index (χ1v) is 8.95. The molecular formula is C19H19ClN4O4. The van der Waals surface area contributed by atoms with Gasteiger partial charge in [0.05, 0.1) is 28.2 Å². The number of aliphatic hydroxyl groups is 2. The molecular weight excluding hydrogens is 384 g/mol. The van der Waals surface area contributed by atoms with Gasteiger partial charge in [-0.1, -0.05) is 23.7 Å². The van der Waals surface area contributed by atoms with Gasteiger partial charge in [-0.2, -0.15) is 0 Å². The zero-order valence-corrected chi connectivity index (χ0v) is 15.8. The number of hydrogen-bond donors (Lipinski definition) is 4. The maximum atomic E-state index is 13.1. The first-order valence-electron chi connectivity index (χ1n) is 8.57. The van der Waals surface area contributed by atoms with Gasteiger partial charge < -0.3 is 20.8 Å². The van der Waals surface area contributed by atoms with E-state index in [4.69, 9.17) is 16.7 Å². The summed E-state index contributed by atoms with van der Waals surface area (Å²) in [5.41, 5.74) is 0.807. The van der Waals surface area contributed by atoms with Crippen LogP contribution in [0.1, 0.15) is 18.9 Å². The number of aromatic nitrogens is 2. The summed E-state index contributed by atoms with van der Waals surface area (Å²) >= 11 is 6.20. The third kappa shape index (κ3) is 3.99. The third-order valence-corrected chi connectivity index (χ3v) is 4.32. The smallest absolute Gasteiger partial charge is 0.319 e. The monoisotopic (exact) mass is 402 g/mol. The molecule has 0 aliphatic carbocycles. The molecule has 8 nitrogen and oxygen atoms in total. The second kappa shape index (κ2) is 8.39. The van der Waals surface area contributed by atoms with Crippen molar-refractivity contribution in [3.63, 3.8) is 0 Å². The number of anilines is 1. The Hall–Kier alpha value is -2.94. The van der Waals surface area contributed by atoms with E-state index in [0.717, 1.165) is 0 Å². The number of carbonyl (C=O) groups excluding carboxylic acids is 1. The van der Waals surface area contributed by atoms with Crippen LogP contribution in [0.4, 0.5) is 10.5 Å². The summed E-state index contributed by atoms with van der Waals surface area (Å²) in [6, 6.07) is 11.0. The Morgan fingerprint density at radius 2 is 2.04 bits per heavy atom. The zero-order chi connectivity index (χ0) is 20.3. The van der Waals surface area contributed by atoms with Crippen LogP contribution in [0.3, 0.4) is 0 Å². The topological polar surface area (TPSA) is 116 Å². The minimum atomic E-state index is -1.01. The van der Waals surface area contributed by atoms with Crippen LogP contribution < -0.4 is 16.2 Å². The van der Waals surface area contributed by atoms with Crippen LogP contribution in [0.5, 0.6) is 0 Å². The summed E-state index contributed by atoms with van der Waals surface area (Å²) in [5, 5.41) is 24.5. The Labute approximate surface area is 165 Å². The summed E-state index contributed by atoms with van der Waals surface area (Å²) in [4.78, 5) is 29.4. The van der Waals surface area contributed by atoms with Crippen molar-refractivity contribution in [3.8, 4) is 5.69 Å². The van der Waals surface area contributed by atoms with Gasteiger partial charge in [0, 0.05) is 12.2 Å². The lowest BCUT2D eigenvalue weighted by atomic mass is 10.2. The number of aliphatic hydroxyl groups excluding tert-OH is 2. The van der Waals surface area contributed by atoms with Gasteiger partial charge >= 0.3 is 6.03 Å². The first-order chi connectivity index (χ1) is 13.4. The van der Waals surface area contributed by atoms with Crippen molar-refractivity contribution >= 4 is 34.2 Å². The van der Waals surface area contributed by atoms with E-state index < -0.39 is 17.7 Å².